The second kappa shape index (κ2) is 5.28. The van der Waals surface area contributed by atoms with Crippen LogP contribution in [-0.4, -0.2) is 35.8 Å². The number of imidazole rings is 1. The molecule has 0 unspecified atom stereocenters. The lowest BCUT2D eigenvalue weighted by molar-refractivity contribution is 0.660. The zero-order valence-corrected chi connectivity index (χ0v) is 11.6. The molecule has 0 saturated heterocycles. The molecule has 0 amide bonds. The number of hydrogen-bond donors (Lipinski definition) is 1. The molecule has 1 N–H and O–H groups in total. The minimum atomic E-state index is 0.846. The normalized spacial score (nSPS) is 11.1. The van der Waals surface area contributed by atoms with Gasteiger partial charge in [-0.2, -0.15) is 5.10 Å². The average Bonchev–Trinajstić information content (AvgIpc) is 3.05. The largest absolute Gasteiger partial charge is 0.369 e. The first-order valence-corrected chi connectivity index (χ1v) is 6.59. The molecule has 3 rings (SSSR count). The molecule has 0 saturated carbocycles. The Kier molecular flexibility index (Phi) is 3.32. The van der Waals surface area contributed by atoms with E-state index in [-0.39, 0.29) is 0 Å². The van der Waals surface area contributed by atoms with E-state index >= 15 is 0 Å². The van der Waals surface area contributed by atoms with Crippen molar-refractivity contribution in [2.75, 3.05) is 11.9 Å². The van der Waals surface area contributed by atoms with Crippen molar-refractivity contribution in [1.29, 1.82) is 0 Å². The molecule has 7 nitrogen and oxygen atoms in total. The predicted molar refractivity (Wildman–Crippen MR) is 76.4 cm³/mol. The summed E-state index contributed by atoms with van der Waals surface area (Å²) in [6.45, 7) is 3.76. The lowest BCUT2D eigenvalue weighted by Gasteiger charge is -2.07. The van der Waals surface area contributed by atoms with Gasteiger partial charge in [-0.05, 0) is 13.3 Å². The van der Waals surface area contributed by atoms with E-state index in [9.17, 15) is 0 Å². The fourth-order valence-electron chi connectivity index (χ4n) is 2.30. The Hall–Kier alpha value is -2.44. The first kappa shape index (κ1) is 12.6. The average molecular weight is 271 g/mol. The van der Waals surface area contributed by atoms with Crippen LogP contribution in [0.3, 0.4) is 0 Å². The first-order chi connectivity index (χ1) is 9.75. The molecule has 0 bridgehead atoms. The molecule has 104 valence electrons. The molecule has 0 aromatic carbocycles. The smallest absolute Gasteiger partial charge is 0.163 e. The summed E-state index contributed by atoms with van der Waals surface area (Å²) in [4.78, 5) is 12.6. The van der Waals surface area contributed by atoms with Gasteiger partial charge in [0.25, 0.3) is 0 Å². The second-order valence-electron chi connectivity index (χ2n) is 4.71. The first-order valence-electron chi connectivity index (χ1n) is 6.59. The molecule has 0 atom stereocenters. The van der Waals surface area contributed by atoms with E-state index in [1.54, 1.807) is 17.2 Å². The summed E-state index contributed by atoms with van der Waals surface area (Å²) in [5, 5.41) is 8.75. The van der Waals surface area contributed by atoms with Crippen LogP contribution < -0.4 is 5.32 Å². The highest BCUT2D eigenvalue weighted by atomic mass is 15.3. The fourth-order valence-corrected chi connectivity index (χ4v) is 2.30. The van der Waals surface area contributed by atoms with Gasteiger partial charge in [0.2, 0.25) is 0 Å². The highest BCUT2D eigenvalue weighted by Crippen LogP contribution is 2.21. The van der Waals surface area contributed by atoms with Gasteiger partial charge >= 0.3 is 0 Å². The van der Waals surface area contributed by atoms with Crippen molar-refractivity contribution < 1.29 is 0 Å². The Bertz CT molecular complexity index is 699. The third-order valence-corrected chi connectivity index (χ3v) is 3.24. The molecule has 0 radical (unpaired) electrons. The summed E-state index contributed by atoms with van der Waals surface area (Å²) in [6, 6.07) is 0. The summed E-state index contributed by atoms with van der Waals surface area (Å²) in [7, 11) is 1.89. The Morgan fingerprint density at radius 2 is 2.20 bits per heavy atom. The molecule has 0 fully saturated rings. The third kappa shape index (κ3) is 2.34. The third-order valence-electron chi connectivity index (χ3n) is 3.24. The number of anilines is 1. The highest BCUT2D eigenvalue weighted by Gasteiger charge is 2.11. The Balaban J connectivity index is 1.68. The monoisotopic (exact) mass is 271 g/mol. The number of rotatable bonds is 5. The molecule has 0 spiro atoms. The Labute approximate surface area is 116 Å². The number of fused-ring (bicyclic) bond motifs is 1. The van der Waals surface area contributed by atoms with Crippen molar-refractivity contribution in [3.8, 4) is 0 Å². The standard InChI is InChI=1S/C13H17N7/c1-10-11-12(16-8-17-13(11)19(2)18-10)15-4-3-6-20-7-5-14-9-20/h5,7-9H,3-4,6H2,1-2H3,(H,15,16,17). The van der Waals surface area contributed by atoms with E-state index in [4.69, 9.17) is 0 Å². The maximum atomic E-state index is 4.38. The van der Waals surface area contributed by atoms with Crippen LogP contribution in [-0.2, 0) is 13.6 Å². The van der Waals surface area contributed by atoms with Gasteiger partial charge in [-0.25, -0.2) is 15.0 Å². The minimum absolute atomic E-state index is 0.846. The molecule has 20 heavy (non-hydrogen) atoms. The summed E-state index contributed by atoms with van der Waals surface area (Å²) in [5.74, 6) is 0.853. The molecule has 3 aromatic heterocycles. The van der Waals surface area contributed by atoms with Crippen LogP contribution in [0.5, 0.6) is 0 Å². The van der Waals surface area contributed by atoms with Crippen molar-refractivity contribution in [3.05, 3.63) is 30.7 Å². The molecule has 7 heteroatoms. The maximum Gasteiger partial charge on any atom is 0.163 e. The van der Waals surface area contributed by atoms with Crippen LogP contribution >= 0.6 is 0 Å². The predicted octanol–water partition coefficient (Wildman–Crippen LogP) is 1.37. The van der Waals surface area contributed by atoms with Gasteiger partial charge in [0.15, 0.2) is 5.65 Å². The summed E-state index contributed by atoms with van der Waals surface area (Å²) in [5.41, 5.74) is 1.80. The van der Waals surface area contributed by atoms with E-state index in [1.165, 1.54) is 0 Å². The highest BCUT2D eigenvalue weighted by molar-refractivity contribution is 5.88. The van der Waals surface area contributed by atoms with E-state index in [2.05, 4.69) is 29.9 Å². The van der Waals surface area contributed by atoms with E-state index in [0.29, 0.717) is 0 Å². The minimum Gasteiger partial charge on any atom is -0.369 e. The quantitative estimate of drug-likeness (QED) is 0.709. The molecule has 3 aromatic rings. The summed E-state index contributed by atoms with van der Waals surface area (Å²) >= 11 is 0. The fraction of sp³-hybridized carbons (Fsp3) is 0.385. The van der Waals surface area contributed by atoms with Crippen LogP contribution in [0.2, 0.25) is 0 Å². The number of nitrogens with one attached hydrogen (secondary N) is 1. The Morgan fingerprint density at radius 1 is 1.30 bits per heavy atom. The molecule has 0 aliphatic heterocycles. The van der Waals surface area contributed by atoms with E-state index in [0.717, 1.165) is 42.1 Å². The van der Waals surface area contributed by atoms with Crippen LogP contribution in [0.1, 0.15) is 12.1 Å². The second-order valence-corrected chi connectivity index (χ2v) is 4.71. The maximum absolute atomic E-state index is 4.38. The molecule has 0 aliphatic carbocycles. The molecule has 3 heterocycles. The van der Waals surface area contributed by atoms with Crippen LogP contribution in [0.25, 0.3) is 11.0 Å². The molecular formula is C13H17N7. The lowest BCUT2D eigenvalue weighted by Crippen LogP contribution is -2.07. The van der Waals surface area contributed by atoms with Crippen molar-refractivity contribution >= 4 is 16.9 Å². The molecular weight excluding hydrogens is 254 g/mol. The van der Waals surface area contributed by atoms with Crippen LogP contribution in [0, 0.1) is 6.92 Å². The lowest BCUT2D eigenvalue weighted by atomic mass is 10.3. The van der Waals surface area contributed by atoms with Gasteiger partial charge < -0.3 is 9.88 Å². The van der Waals surface area contributed by atoms with Crippen molar-refractivity contribution in [3.63, 3.8) is 0 Å². The van der Waals surface area contributed by atoms with Gasteiger partial charge in [-0.3, -0.25) is 4.68 Å². The van der Waals surface area contributed by atoms with Gasteiger partial charge in [-0.1, -0.05) is 0 Å². The van der Waals surface area contributed by atoms with Crippen molar-refractivity contribution in [2.24, 2.45) is 7.05 Å². The van der Waals surface area contributed by atoms with E-state index < -0.39 is 0 Å². The van der Waals surface area contributed by atoms with Gasteiger partial charge in [0, 0.05) is 32.5 Å². The van der Waals surface area contributed by atoms with Crippen LogP contribution in [0.15, 0.2) is 25.0 Å². The molecule has 0 aliphatic rings. The number of hydrogen-bond acceptors (Lipinski definition) is 5. The number of aromatic nitrogens is 6. The zero-order chi connectivity index (χ0) is 13.9. The SMILES string of the molecule is Cc1nn(C)c2ncnc(NCCCn3ccnc3)c12. The zero-order valence-electron chi connectivity index (χ0n) is 11.6. The number of nitrogens with zero attached hydrogens (tertiary/aromatic N) is 6. The van der Waals surface area contributed by atoms with Crippen LogP contribution in [0.4, 0.5) is 5.82 Å². The summed E-state index contributed by atoms with van der Waals surface area (Å²) < 4.78 is 3.84. The topological polar surface area (TPSA) is 73.5 Å². The van der Waals surface area contributed by atoms with Gasteiger partial charge in [0.1, 0.15) is 12.1 Å². The van der Waals surface area contributed by atoms with Crippen molar-refractivity contribution in [1.82, 2.24) is 29.3 Å². The Morgan fingerprint density at radius 3 is 3.00 bits per heavy atom. The van der Waals surface area contributed by atoms with Gasteiger partial charge in [-0.15, -0.1) is 0 Å². The van der Waals surface area contributed by atoms with Gasteiger partial charge in [0.05, 0.1) is 17.4 Å². The number of aryl methyl sites for hydroxylation is 3. The van der Waals surface area contributed by atoms with E-state index in [1.807, 2.05) is 26.5 Å². The van der Waals surface area contributed by atoms with Crippen molar-refractivity contribution in [2.45, 2.75) is 19.9 Å². The summed E-state index contributed by atoms with van der Waals surface area (Å²) in [6.07, 6.45) is 8.16.